The Hall–Kier alpha value is -7.56. The van der Waals surface area contributed by atoms with Crippen molar-refractivity contribution in [3.63, 3.8) is 0 Å². The average molecular weight is 717 g/mol. The second kappa shape index (κ2) is 13.1. The van der Waals surface area contributed by atoms with Crippen molar-refractivity contribution < 1.29 is 0 Å². The molecule has 0 unspecified atom stereocenters. The average Bonchev–Trinajstić information content (AvgIpc) is 3.95. The van der Waals surface area contributed by atoms with Gasteiger partial charge in [0.1, 0.15) is 5.65 Å². The van der Waals surface area contributed by atoms with E-state index in [1.54, 1.807) is 0 Å². The van der Waals surface area contributed by atoms with E-state index in [-0.39, 0.29) is 0 Å². The molecule has 4 nitrogen and oxygen atoms in total. The van der Waals surface area contributed by atoms with Crippen LogP contribution in [0.4, 0.5) is 17.1 Å². The minimum Gasteiger partial charge on any atom is -0.317 e. The molecule has 0 spiro atoms. The van der Waals surface area contributed by atoms with Gasteiger partial charge in [0.2, 0.25) is 0 Å². The van der Waals surface area contributed by atoms with E-state index >= 15 is 0 Å². The number of benzene rings is 8. The molecule has 0 saturated heterocycles. The normalized spacial score (nSPS) is 11.6. The molecule has 0 aliphatic rings. The monoisotopic (exact) mass is 716 g/mol. The number of rotatable bonds is 7. The number of hydrogen-bond donors (Lipinski definition) is 0. The van der Waals surface area contributed by atoms with Crippen LogP contribution in [-0.4, -0.2) is 13.7 Å². The summed E-state index contributed by atoms with van der Waals surface area (Å²) in [6.45, 7) is 0. The number of fused-ring (bicyclic) bond motifs is 6. The second-order valence-corrected chi connectivity index (χ2v) is 14.2. The Balaban J connectivity index is 1.23. The van der Waals surface area contributed by atoms with Gasteiger partial charge in [0.15, 0.2) is 0 Å². The Morgan fingerprint density at radius 1 is 0.375 bits per heavy atom. The zero-order valence-corrected chi connectivity index (χ0v) is 30.6. The zero-order chi connectivity index (χ0) is 37.0. The molecule has 0 bridgehead atoms. The molecule has 0 N–H and O–H groups in total. The molecule has 8 aromatic carbocycles. The zero-order valence-electron chi connectivity index (χ0n) is 30.6. The van der Waals surface area contributed by atoms with Crippen molar-refractivity contribution in [1.29, 1.82) is 0 Å². The fourth-order valence-electron chi connectivity index (χ4n) is 8.57. The van der Waals surface area contributed by atoms with E-state index in [1.165, 1.54) is 43.7 Å². The first kappa shape index (κ1) is 31.9. The molecule has 0 atom stereocenters. The molecule has 0 amide bonds. The first-order chi connectivity index (χ1) is 27.8. The summed E-state index contributed by atoms with van der Waals surface area (Å²) in [4.78, 5) is 2.39. The fraction of sp³-hybridized carbons (Fsp3) is 0. The summed E-state index contributed by atoms with van der Waals surface area (Å²) < 4.78 is 7.18. The number of para-hydroxylation sites is 6. The lowest BCUT2D eigenvalue weighted by Gasteiger charge is -2.27. The highest BCUT2D eigenvalue weighted by molar-refractivity contribution is 6.25. The summed E-state index contributed by atoms with van der Waals surface area (Å²) in [5, 5.41) is 4.85. The van der Waals surface area contributed by atoms with Crippen LogP contribution in [0.2, 0.25) is 0 Å². The molecule has 11 aromatic rings. The van der Waals surface area contributed by atoms with E-state index in [9.17, 15) is 0 Å². The minimum absolute atomic E-state index is 1.10. The number of hydrogen-bond acceptors (Lipinski definition) is 1. The summed E-state index contributed by atoms with van der Waals surface area (Å²) in [6, 6.07) is 76.4. The van der Waals surface area contributed by atoms with Crippen molar-refractivity contribution in [2.45, 2.75) is 0 Å². The number of nitrogens with zero attached hydrogens (tertiary/aromatic N) is 4. The van der Waals surface area contributed by atoms with Crippen molar-refractivity contribution >= 4 is 60.8 Å². The van der Waals surface area contributed by atoms with Crippen molar-refractivity contribution in [3.8, 4) is 28.2 Å². The van der Waals surface area contributed by atoms with Gasteiger partial charge in [0.25, 0.3) is 0 Å². The Labute approximate surface area is 325 Å². The van der Waals surface area contributed by atoms with Gasteiger partial charge in [-0.2, -0.15) is 0 Å². The molecular weight excluding hydrogens is 681 g/mol. The van der Waals surface area contributed by atoms with Gasteiger partial charge in [-0.25, -0.2) is 0 Å². The van der Waals surface area contributed by atoms with Crippen molar-refractivity contribution in [1.82, 2.24) is 13.7 Å². The molecule has 3 heterocycles. The van der Waals surface area contributed by atoms with Crippen LogP contribution in [0.5, 0.6) is 0 Å². The summed E-state index contributed by atoms with van der Waals surface area (Å²) in [5.41, 5.74) is 13.7. The van der Waals surface area contributed by atoms with E-state index in [2.05, 4.69) is 237 Å². The molecule has 0 radical (unpaired) electrons. The molecule has 56 heavy (non-hydrogen) atoms. The Morgan fingerprint density at radius 2 is 0.911 bits per heavy atom. The standard InChI is InChI=1S/C52H36N4/c1-6-17-40(18-7-1)53-34-33-39-35-37(29-31-47(39)53)38-30-32-48-46(36-38)50-45-27-16-28-49(54(41-19-8-2-9-20-41)42-21-10-3-11-22-42)51(45)56(44-25-14-5-15-26-44)52(50)55(48)43-23-12-4-13-24-43/h1-36H. The highest BCUT2D eigenvalue weighted by atomic mass is 15.2. The third-order valence-corrected chi connectivity index (χ3v) is 11.0. The molecule has 0 saturated carbocycles. The molecule has 11 rings (SSSR count). The van der Waals surface area contributed by atoms with Gasteiger partial charge in [-0.3, -0.25) is 9.13 Å². The molecule has 0 aliphatic heterocycles. The van der Waals surface area contributed by atoms with Crippen LogP contribution < -0.4 is 4.90 Å². The van der Waals surface area contributed by atoms with Crippen LogP contribution in [0.15, 0.2) is 219 Å². The lowest BCUT2D eigenvalue weighted by atomic mass is 10.0. The van der Waals surface area contributed by atoms with Crippen molar-refractivity contribution in [2.24, 2.45) is 0 Å². The van der Waals surface area contributed by atoms with Crippen LogP contribution in [-0.2, 0) is 0 Å². The first-order valence-electron chi connectivity index (χ1n) is 19.1. The van der Waals surface area contributed by atoms with E-state index in [1.807, 2.05) is 0 Å². The van der Waals surface area contributed by atoms with Gasteiger partial charge in [0.05, 0.1) is 22.2 Å². The SMILES string of the molecule is c1ccc(N(c2ccccc2)c2cccc3c4c5cc(-c6ccc7c(ccn7-c7ccccc7)c6)ccc5n(-c5ccccc5)c4n(-c4ccccc4)c23)cc1. The smallest absolute Gasteiger partial charge is 0.131 e. The van der Waals surface area contributed by atoms with Gasteiger partial charge < -0.3 is 9.47 Å². The van der Waals surface area contributed by atoms with Crippen LogP contribution in [0.1, 0.15) is 0 Å². The van der Waals surface area contributed by atoms with Crippen LogP contribution in [0, 0.1) is 0 Å². The van der Waals surface area contributed by atoms with E-state index < -0.39 is 0 Å². The van der Waals surface area contributed by atoms with Crippen LogP contribution in [0.25, 0.3) is 71.9 Å². The second-order valence-electron chi connectivity index (χ2n) is 14.2. The molecule has 0 aliphatic carbocycles. The number of aromatic nitrogens is 3. The first-order valence-corrected chi connectivity index (χ1v) is 19.1. The molecule has 4 heteroatoms. The van der Waals surface area contributed by atoms with Crippen LogP contribution in [0.3, 0.4) is 0 Å². The van der Waals surface area contributed by atoms with E-state index in [0.717, 1.165) is 45.3 Å². The van der Waals surface area contributed by atoms with Gasteiger partial charge in [-0.15, -0.1) is 0 Å². The lowest BCUT2D eigenvalue weighted by Crippen LogP contribution is -2.12. The Kier molecular flexibility index (Phi) is 7.46. The number of anilines is 3. The molecule has 0 fully saturated rings. The maximum atomic E-state index is 2.48. The van der Waals surface area contributed by atoms with Crippen molar-refractivity contribution in [2.75, 3.05) is 4.90 Å². The van der Waals surface area contributed by atoms with Gasteiger partial charge >= 0.3 is 0 Å². The van der Waals surface area contributed by atoms with Gasteiger partial charge in [0, 0.05) is 56.2 Å². The molecule has 3 aromatic heterocycles. The van der Waals surface area contributed by atoms with E-state index in [4.69, 9.17) is 0 Å². The maximum Gasteiger partial charge on any atom is 0.131 e. The third kappa shape index (κ3) is 5.08. The molecular formula is C52H36N4. The van der Waals surface area contributed by atoms with Gasteiger partial charge in [-0.05, 0) is 108 Å². The quantitative estimate of drug-likeness (QED) is 0.161. The Morgan fingerprint density at radius 3 is 1.54 bits per heavy atom. The lowest BCUT2D eigenvalue weighted by molar-refractivity contribution is 1.06. The summed E-state index contributed by atoms with van der Waals surface area (Å²) in [7, 11) is 0. The predicted molar refractivity (Wildman–Crippen MR) is 235 cm³/mol. The van der Waals surface area contributed by atoms with Crippen LogP contribution >= 0.6 is 0 Å². The highest BCUT2D eigenvalue weighted by Gasteiger charge is 2.26. The molecule has 264 valence electrons. The minimum atomic E-state index is 1.10. The summed E-state index contributed by atoms with van der Waals surface area (Å²) in [5.74, 6) is 0. The predicted octanol–water partition coefficient (Wildman–Crippen LogP) is 13.8. The largest absolute Gasteiger partial charge is 0.317 e. The van der Waals surface area contributed by atoms with E-state index in [0.29, 0.717) is 0 Å². The summed E-state index contributed by atoms with van der Waals surface area (Å²) >= 11 is 0. The maximum absolute atomic E-state index is 2.48. The summed E-state index contributed by atoms with van der Waals surface area (Å²) in [6.07, 6.45) is 2.17. The fourth-order valence-corrected chi connectivity index (χ4v) is 8.57. The Bertz CT molecular complexity index is 3120. The van der Waals surface area contributed by atoms with Crippen molar-refractivity contribution in [3.05, 3.63) is 219 Å². The third-order valence-electron chi connectivity index (χ3n) is 11.0. The highest BCUT2D eigenvalue weighted by Crippen LogP contribution is 2.47. The topological polar surface area (TPSA) is 18.0 Å². The van der Waals surface area contributed by atoms with Gasteiger partial charge in [-0.1, -0.05) is 115 Å².